The number of aromatic amines is 1. The quantitative estimate of drug-likeness (QED) is 0.474. The number of hydrogen-bond donors (Lipinski definition) is 3. The van der Waals surface area contributed by atoms with E-state index < -0.39 is 0 Å². The van der Waals surface area contributed by atoms with E-state index in [0.29, 0.717) is 23.5 Å². The molecule has 4 rings (SSSR count). The van der Waals surface area contributed by atoms with Crippen molar-refractivity contribution >= 4 is 22.8 Å². The Labute approximate surface area is 168 Å². The van der Waals surface area contributed by atoms with Gasteiger partial charge in [-0.2, -0.15) is 5.26 Å². The van der Waals surface area contributed by atoms with Gasteiger partial charge in [-0.25, -0.2) is 9.78 Å². The Morgan fingerprint density at radius 3 is 2.62 bits per heavy atom. The van der Waals surface area contributed by atoms with E-state index in [4.69, 9.17) is 5.26 Å². The molecule has 0 unspecified atom stereocenters. The monoisotopic (exact) mass is 381 g/mol. The van der Waals surface area contributed by atoms with Gasteiger partial charge in [0, 0.05) is 5.69 Å². The van der Waals surface area contributed by atoms with E-state index >= 15 is 0 Å². The highest BCUT2D eigenvalue weighted by molar-refractivity contribution is 5.89. The van der Waals surface area contributed by atoms with E-state index in [9.17, 15) is 4.79 Å². The van der Waals surface area contributed by atoms with Crippen molar-refractivity contribution in [2.45, 2.75) is 12.5 Å². The summed E-state index contributed by atoms with van der Waals surface area (Å²) in [6.07, 6.45) is 0.590. The Kier molecular flexibility index (Phi) is 5.21. The number of benzene rings is 3. The molecule has 142 valence electrons. The van der Waals surface area contributed by atoms with Crippen LogP contribution in [0.15, 0.2) is 78.9 Å². The molecule has 0 bridgehead atoms. The van der Waals surface area contributed by atoms with Crippen LogP contribution in [-0.2, 0) is 6.42 Å². The molecular weight excluding hydrogens is 362 g/mol. The van der Waals surface area contributed by atoms with Crippen LogP contribution < -0.4 is 10.6 Å². The van der Waals surface area contributed by atoms with E-state index in [1.165, 1.54) is 0 Å². The first kappa shape index (κ1) is 18.3. The molecule has 29 heavy (non-hydrogen) atoms. The van der Waals surface area contributed by atoms with Gasteiger partial charge in [-0.1, -0.05) is 48.5 Å². The number of H-pyrrole nitrogens is 1. The number of fused-ring (bicyclic) bond motifs is 1. The highest BCUT2D eigenvalue weighted by atomic mass is 16.2. The number of carbonyl (C=O) groups is 1. The average molecular weight is 381 g/mol. The van der Waals surface area contributed by atoms with Gasteiger partial charge < -0.3 is 15.6 Å². The smallest absolute Gasteiger partial charge is 0.319 e. The van der Waals surface area contributed by atoms with E-state index in [2.05, 4.69) is 26.7 Å². The standard InChI is InChI=1S/C23H19N5O/c24-15-17-9-6-10-18(13-17)25-23(29)28-21(14-16-7-2-1-3-8-16)22-26-19-11-4-5-12-20(19)27-22/h1-13,21H,14H2,(H,26,27)(H2,25,28,29)/t21-/m1/s1. The molecule has 6 nitrogen and oxygen atoms in total. The number of nitrogens with one attached hydrogen (secondary N) is 3. The number of nitriles is 1. The topological polar surface area (TPSA) is 93.6 Å². The molecule has 0 aliphatic rings. The van der Waals surface area contributed by atoms with Gasteiger partial charge in [-0.15, -0.1) is 0 Å². The van der Waals surface area contributed by atoms with Crippen molar-refractivity contribution in [1.29, 1.82) is 5.26 Å². The lowest BCUT2D eigenvalue weighted by Gasteiger charge is -2.17. The van der Waals surface area contributed by atoms with E-state index in [1.54, 1.807) is 24.3 Å². The highest BCUT2D eigenvalue weighted by Crippen LogP contribution is 2.20. The van der Waals surface area contributed by atoms with Crippen molar-refractivity contribution in [2.24, 2.45) is 0 Å². The minimum Gasteiger partial charge on any atom is -0.340 e. The second kappa shape index (κ2) is 8.28. The molecular formula is C23H19N5O. The summed E-state index contributed by atoms with van der Waals surface area (Å²) in [5.41, 5.74) is 3.91. The van der Waals surface area contributed by atoms with E-state index in [-0.39, 0.29) is 12.1 Å². The van der Waals surface area contributed by atoms with Gasteiger partial charge in [0.15, 0.2) is 0 Å². The lowest BCUT2D eigenvalue weighted by atomic mass is 10.1. The number of carbonyl (C=O) groups excluding carboxylic acids is 1. The first-order valence-corrected chi connectivity index (χ1v) is 9.27. The molecule has 0 saturated heterocycles. The van der Waals surface area contributed by atoms with Crippen molar-refractivity contribution in [1.82, 2.24) is 15.3 Å². The number of imidazole rings is 1. The predicted molar refractivity (Wildman–Crippen MR) is 112 cm³/mol. The van der Waals surface area contributed by atoms with Crippen LogP contribution in [0.1, 0.15) is 23.0 Å². The van der Waals surface area contributed by atoms with Crippen molar-refractivity contribution in [3.05, 3.63) is 95.8 Å². The van der Waals surface area contributed by atoms with Crippen molar-refractivity contribution in [3.63, 3.8) is 0 Å². The third-order valence-corrected chi connectivity index (χ3v) is 4.58. The van der Waals surface area contributed by atoms with Gasteiger partial charge in [0.2, 0.25) is 0 Å². The van der Waals surface area contributed by atoms with Gasteiger partial charge in [0.25, 0.3) is 0 Å². The number of anilines is 1. The van der Waals surface area contributed by atoms with Gasteiger partial charge in [-0.05, 0) is 42.3 Å². The molecule has 3 aromatic carbocycles. The van der Waals surface area contributed by atoms with Gasteiger partial charge in [0.1, 0.15) is 5.82 Å². The number of hydrogen-bond acceptors (Lipinski definition) is 3. The Balaban J connectivity index is 1.57. The predicted octanol–water partition coefficient (Wildman–Crippen LogP) is 4.54. The first-order chi connectivity index (χ1) is 14.2. The van der Waals surface area contributed by atoms with E-state index in [1.807, 2.05) is 54.6 Å². The second-order valence-corrected chi connectivity index (χ2v) is 6.67. The molecule has 0 fully saturated rings. The fraction of sp³-hybridized carbons (Fsp3) is 0.0870. The normalized spacial score (nSPS) is 11.6. The molecule has 4 aromatic rings. The SMILES string of the molecule is N#Cc1cccc(NC(=O)N[C@H](Cc2ccccc2)c2nc3ccccc3[nH]2)c1. The molecule has 0 saturated carbocycles. The second-order valence-electron chi connectivity index (χ2n) is 6.67. The Morgan fingerprint density at radius 2 is 1.83 bits per heavy atom. The van der Waals surface area contributed by atoms with Crippen LogP contribution in [-0.4, -0.2) is 16.0 Å². The summed E-state index contributed by atoms with van der Waals surface area (Å²) in [6.45, 7) is 0. The van der Waals surface area contributed by atoms with Gasteiger partial charge in [-0.3, -0.25) is 0 Å². The Morgan fingerprint density at radius 1 is 1.03 bits per heavy atom. The maximum atomic E-state index is 12.7. The molecule has 0 aliphatic carbocycles. The molecule has 6 heteroatoms. The minimum atomic E-state index is -0.360. The highest BCUT2D eigenvalue weighted by Gasteiger charge is 2.19. The maximum Gasteiger partial charge on any atom is 0.319 e. The summed E-state index contributed by atoms with van der Waals surface area (Å²) in [6, 6.07) is 25.9. The zero-order valence-corrected chi connectivity index (χ0v) is 15.6. The summed E-state index contributed by atoms with van der Waals surface area (Å²) in [7, 11) is 0. The lowest BCUT2D eigenvalue weighted by Crippen LogP contribution is -2.34. The number of aromatic nitrogens is 2. The first-order valence-electron chi connectivity index (χ1n) is 9.27. The molecule has 0 radical (unpaired) electrons. The lowest BCUT2D eigenvalue weighted by molar-refractivity contribution is 0.248. The number of rotatable bonds is 5. The maximum absolute atomic E-state index is 12.7. The van der Waals surface area contributed by atoms with Crippen LogP contribution in [0, 0.1) is 11.3 Å². The largest absolute Gasteiger partial charge is 0.340 e. The number of urea groups is 1. The van der Waals surface area contributed by atoms with E-state index in [0.717, 1.165) is 16.6 Å². The van der Waals surface area contributed by atoms with Crippen LogP contribution in [0.2, 0.25) is 0 Å². The molecule has 1 heterocycles. The summed E-state index contributed by atoms with van der Waals surface area (Å²) >= 11 is 0. The van der Waals surface area contributed by atoms with Crippen LogP contribution in [0.3, 0.4) is 0 Å². The Bertz CT molecular complexity index is 1140. The summed E-state index contributed by atoms with van der Waals surface area (Å²) < 4.78 is 0. The molecule has 1 atom stereocenters. The molecule has 2 amide bonds. The average Bonchev–Trinajstić information content (AvgIpc) is 3.18. The zero-order chi connectivity index (χ0) is 20.1. The van der Waals surface area contributed by atoms with Crippen LogP contribution in [0.4, 0.5) is 10.5 Å². The third kappa shape index (κ3) is 4.42. The molecule has 1 aromatic heterocycles. The summed E-state index contributed by atoms with van der Waals surface area (Å²) in [5.74, 6) is 0.691. The summed E-state index contributed by atoms with van der Waals surface area (Å²) in [4.78, 5) is 20.6. The van der Waals surface area contributed by atoms with Crippen molar-refractivity contribution in [2.75, 3.05) is 5.32 Å². The third-order valence-electron chi connectivity index (χ3n) is 4.58. The van der Waals surface area contributed by atoms with Crippen LogP contribution in [0.5, 0.6) is 0 Å². The minimum absolute atomic E-state index is 0.344. The van der Waals surface area contributed by atoms with Crippen molar-refractivity contribution < 1.29 is 4.79 Å². The van der Waals surface area contributed by atoms with Crippen LogP contribution >= 0.6 is 0 Å². The van der Waals surface area contributed by atoms with Gasteiger partial charge >= 0.3 is 6.03 Å². The fourth-order valence-electron chi connectivity index (χ4n) is 3.20. The summed E-state index contributed by atoms with van der Waals surface area (Å²) in [5, 5.41) is 14.8. The zero-order valence-electron chi connectivity index (χ0n) is 15.6. The molecule has 3 N–H and O–H groups in total. The fourth-order valence-corrected chi connectivity index (χ4v) is 3.20. The van der Waals surface area contributed by atoms with Crippen LogP contribution in [0.25, 0.3) is 11.0 Å². The van der Waals surface area contributed by atoms with Gasteiger partial charge in [0.05, 0.1) is 28.7 Å². The number of para-hydroxylation sites is 2. The number of amides is 2. The number of nitrogens with zero attached hydrogens (tertiary/aromatic N) is 2. The molecule has 0 aliphatic heterocycles. The molecule has 0 spiro atoms. The Hall–Kier alpha value is -4.11. The van der Waals surface area contributed by atoms with Crippen molar-refractivity contribution in [3.8, 4) is 6.07 Å².